The Bertz CT molecular complexity index is 959. The van der Waals surface area contributed by atoms with E-state index in [2.05, 4.69) is 0 Å². The Balaban J connectivity index is 1.68. The second-order valence-corrected chi connectivity index (χ2v) is 7.58. The van der Waals surface area contributed by atoms with Crippen molar-refractivity contribution in [2.75, 3.05) is 18.6 Å². The van der Waals surface area contributed by atoms with Crippen molar-refractivity contribution in [1.29, 1.82) is 0 Å². The highest BCUT2D eigenvalue weighted by molar-refractivity contribution is 6.00. The summed E-state index contributed by atoms with van der Waals surface area (Å²) >= 11 is 0. The average molecular weight is 394 g/mol. The Morgan fingerprint density at radius 2 is 2.14 bits per heavy atom. The molecule has 2 aromatic rings. The van der Waals surface area contributed by atoms with Crippen LogP contribution in [0.3, 0.4) is 0 Å². The van der Waals surface area contributed by atoms with E-state index in [4.69, 9.17) is 14.7 Å². The first kappa shape index (κ1) is 19.4. The molecule has 1 aromatic carbocycles. The number of nitrogens with zero attached hydrogens (tertiary/aromatic N) is 4. The number of aromatic nitrogens is 2. The lowest BCUT2D eigenvalue weighted by Gasteiger charge is -2.25. The first-order valence-corrected chi connectivity index (χ1v) is 10.1. The average Bonchev–Trinajstić information content (AvgIpc) is 3.33. The van der Waals surface area contributed by atoms with Crippen molar-refractivity contribution >= 4 is 17.6 Å². The number of likely N-dealkylation sites (tertiary alicyclic amines) is 1. The molecule has 1 unspecified atom stereocenters. The van der Waals surface area contributed by atoms with Gasteiger partial charge in [0, 0.05) is 24.2 Å². The van der Waals surface area contributed by atoms with Gasteiger partial charge in [0.2, 0.25) is 11.8 Å². The van der Waals surface area contributed by atoms with Crippen LogP contribution in [0.5, 0.6) is 5.75 Å². The lowest BCUT2D eigenvalue weighted by molar-refractivity contribution is -0.131. The van der Waals surface area contributed by atoms with E-state index in [0.717, 1.165) is 42.0 Å². The van der Waals surface area contributed by atoms with Crippen LogP contribution in [0.4, 0.5) is 5.82 Å². The van der Waals surface area contributed by atoms with E-state index in [9.17, 15) is 9.59 Å². The maximum Gasteiger partial charge on any atom is 0.233 e. The Morgan fingerprint density at radius 3 is 2.90 bits per heavy atom. The molecular formula is C22H26N4O3. The molecule has 152 valence electrons. The molecule has 0 aliphatic carbocycles. The van der Waals surface area contributed by atoms with Crippen LogP contribution >= 0.6 is 0 Å². The maximum atomic E-state index is 12.8. The third kappa shape index (κ3) is 3.57. The highest BCUT2D eigenvalue weighted by Gasteiger charge is 2.36. The number of methoxy groups -OCH3 is 1. The van der Waals surface area contributed by atoms with Gasteiger partial charge in [-0.1, -0.05) is 19.1 Å². The summed E-state index contributed by atoms with van der Waals surface area (Å²) in [5.74, 6) is 2.22. The quantitative estimate of drug-likeness (QED) is 0.779. The van der Waals surface area contributed by atoms with E-state index < -0.39 is 0 Å². The number of carbonyl (C=O) groups excluding carboxylic acids is 2. The van der Waals surface area contributed by atoms with Gasteiger partial charge in [-0.25, -0.2) is 9.97 Å². The normalized spacial score (nSPS) is 18.3. The first-order valence-electron chi connectivity index (χ1n) is 10.1. The molecule has 2 aliphatic heterocycles. The SMILES string of the molecule is CCC(=O)N1CCCC1c1nc(C)c2c(n1)N(Cc1cccc(OC)c1)C(=O)C2. The Hall–Kier alpha value is -2.96. The number of aryl methyl sites for hydroxylation is 1. The number of hydrogen-bond acceptors (Lipinski definition) is 5. The molecule has 1 atom stereocenters. The van der Waals surface area contributed by atoms with Crippen molar-refractivity contribution in [2.24, 2.45) is 0 Å². The zero-order valence-electron chi connectivity index (χ0n) is 17.1. The van der Waals surface area contributed by atoms with Crippen molar-refractivity contribution in [2.45, 2.75) is 52.1 Å². The van der Waals surface area contributed by atoms with Crippen LogP contribution in [0.25, 0.3) is 0 Å². The molecule has 0 N–H and O–H groups in total. The highest BCUT2D eigenvalue weighted by atomic mass is 16.5. The molecule has 1 saturated heterocycles. The van der Waals surface area contributed by atoms with Crippen LogP contribution in [-0.4, -0.2) is 40.3 Å². The van der Waals surface area contributed by atoms with E-state index in [1.54, 1.807) is 12.0 Å². The predicted molar refractivity (Wildman–Crippen MR) is 109 cm³/mol. The molecular weight excluding hydrogens is 368 g/mol. The van der Waals surface area contributed by atoms with E-state index in [0.29, 0.717) is 31.0 Å². The van der Waals surface area contributed by atoms with Crippen LogP contribution < -0.4 is 9.64 Å². The van der Waals surface area contributed by atoms with Crippen LogP contribution in [0.2, 0.25) is 0 Å². The van der Waals surface area contributed by atoms with Crippen LogP contribution in [0, 0.1) is 6.92 Å². The summed E-state index contributed by atoms with van der Waals surface area (Å²) < 4.78 is 5.30. The minimum absolute atomic E-state index is 0.0188. The molecule has 3 heterocycles. The van der Waals surface area contributed by atoms with E-state index in [1.165, 1.54) is 0 Å². The summed E-state index contributed by atoms with van der Waals surface area (Å²) in [4.78, 5) is 38.2. The van der Waals surface area contributed by atoms with Crippen molar-refractivity contribution in [3.8, 4) is 5.75 Å². The summed E-state index contributed by atoms with van der Waals surface area (Å²) in [5.41, 5.74) is 2.68. The highest BCUT2D eigenvalue weighted by Crippen LogP contribution is 2.36. The van der Waals surface area contributed by atoms with E-state index in [1.807, 2.05) is 43.0 Å². The maximum absolute atomic E-state index is 12.8. The number of carbonyl (C=O) groups is 2. The second-order valence-electron chi connectivity index (χ2n) is 7.58. The summed E-state index contributed by atoms with van der Waals surface area (Å²) in [6, 6.07) is 7.59. The molecule has 2 amide bonds. The van der Waals surface area contributed by atoms with Gasteiger partial charge in [0.15, 0.2) is 5.82 Å². The molecule has 7 nitrogen and oxygen atoms in total. The molecule has 2 aliphatic rings. The van der Waals surface area contributed by atoms with E-state index >= 15 is 0 Å². The largest absolute Gasteiger partial charge is 0.497 e. The fourth-order valence-electron chi connectivity index (χ4n) is 4.20. The van der Waals surface area contributed by atoms with Gasteiger partial charge in [0.25, 0.3) is 0 Å². The zero-order valence-corrected chi connectivity index (χ0v) is 17.1. The molecule has 0 saturated carbocycles. The van der Waals surface area contributed by atoms with Gasteiger partial charge >= 0.3 is 0 Å². The van der Waals surface area contributed by atoms with Gasteiger partial charge in [-0.2, -0.15) is 0 Å². The Labute approximate surface area is 170 Å². The molecule has 0 radical (unpaired) electrons. The minimum atomic E-state index is -0.110. The lowest BCUT2D eigenvalue weighted by atomic mass is 10.1. The standard InChI is InChI=1S/C22H26N4O3/c1-4-19(27)25-10-6-9-18(25)21-23-14(2)17-12-20(28)26(22(17)24-21)13-15-7-5-8-16(11-15)29-3/h5,7-8,11,18H,4,6,9-10,12-13H2,1-3H3. The van der Waals surface area contributed by atoms with Crippen molar-refractivity contribution < 1.29 is 14.3 Å². The zero-order chi connectivity index (χ0) is 20.5. The van der Waals surface area contributed by atoms with Crippen LogP contribution in [-0.2, 0) is 22.6 Å². The summed E-state index contributed by atoms with van der Waals surface area (Å²) in [7, 11) is 1.63. The number of ether oxygens (including phenoxy) is 1. The molecule has 7 heteroatoms. The third-order valence-electron chi connectivity index (χ3n) is 5.74. The number of amides is 2. The topological polar surface area (TPSA) is 75.6 Å². The molecule has 1 aromatic heterocycles. The van der Waals surface area contributed by atoms with Crippen LogP contribution in [0.1, 0.15) is 54.9 Å². The number of anilines is 1. The Kier molecular flexibility index (Phi) is 5.22. The van der Waals surface area contributed by atoms with Gasteiger partial charge in [0.05, 0.1) is 26.1 Å². The summed E-state index contributed by atoms with van der Waals surface area (Å²) in [5, 5.41) is 0. The van der Waals surface area contributed by atoms with Gasteiger partial charge in [-0.05, 0) is 37.5 Å². The van der Waals surface area contributed by atoms with Gasteiger partial charge in [0.1, 0.15) is 11.6 Å². The fourth-order valence-corrected chi connectivity index (χ4v) is 4.20. The number of fused-ring (bicyclic) bond motifs is 1. The molecule has 4 rings (SSSR count). The van der Waals surface area contributed by atoms with Crippen molar-refractivity contribution in [3.63, 3.8) is 0 Å². The summed E-state index contributed by atoms with van der Waals surface area (Å²) in [6.07, 6.45) is 2.59. The summed E-state index contributed by atoms with van der Waals surface area (Å²) in [6.45, 7) is 4.97. The van der Waals surface area contributed by atoms with Gasteiger partial charge in [-0.3, -0.25) is 14.5 Å². The number of hydrogen-bond donors (Lipinski definition) is 0. The van der Waals surface area contributed by atoms with E-state index in [-0.39, 0.29) is 17.9 Å². The fraction of sp³-hybridized carbons (Fsp3) is 0.455. The Morgan fingerprint density at radius 1 is 1.31 bits per heavy atom. The predicted octanol–water partition coefficient (Wildman–Crippen LogP) is 2.96. The second kappa shape index (κ2) is 7.81. The third-order valence-corrected chi connectivity index (χ3v) is 5.74. The minimum Gasteiger partial charge on any atom is -0.497 e. The molecule has 0 spiro atoms. The van der Waals surface area contributed by atoms with Crippen molar-refractivity contribution in [1.82, 2.24) is 14.9 Å². The van der Waals surface area contributed by atoms with Crippen molar-refractivity contribution in [3.05, 3.63) is 46.9 Å². The van der Waals surface area contributed by atoms with Crippen LogP contribution in [0.15, 0.2) is 24.3 Å². The number of benzene rings is 1. The lowest BCUT2D eigenvalue weighted by Crippen LogP contribution is -2.31. The molecule has 1 fully saturated rings. The van der Waals surface area contributed by atoms with Gasteiger partial charge < -0.3 is 9.64 Å². The number of rotatable bonds is 5. The first-order chi connectivity index (χ1) is 14.0. The molecule has 29 heavy (non-hydrogen) atoms. The monoisotopic (exact) mass is 394 g/mol. The van der Waals surface area contributed by atoms with Gasteiger partial charge in [-0.15, -0.1) is 0 Å². The smallest absolute Gasteiger partial charge is 0.233 e. The molecule has 0 bridgehead atoms.